The summed E-state index contributed by atoms with van der Waals surface area (Å²) in [5.74, 6) is 0. The molecule has 120 valence electrons. The van der Waals surface area contributed by atoms with Crippen molar-refractivity contribution in [3.05, 3.63) is 16.5 Å². The molecule has 1 aliphatic rings. The molecule has 1 saturated carbocycles. The Hall–Kier alpha value is -0.430. The van der Waals surface area contributed by atoms with Crippen molar-refractivity contribution in [2.24, 2.45) is 0 Å². The van der Waals surface area contributed by atoms with Crippen LogP contribution in [0.4, 0.5) is 0 Å². The summed E-state index contributed by atoms with van der Waals surface area (Å²) in [6.07, 6.45) is 4.29. The van der Waals surface area contributed by atoms with Crippen LogP contribution in [-0.2, 0) is 16.6 Å². The lowest BCUT2D eigenvalue weighted by Crippen LogP contribution is -2.38. The maximum Gasteiger partial charge on any atom is 0.252 e. The van der Waals surface area contributed by atoms with Gasteiger partial charge in [0.1, 0.15) is 4.21 Å². The van der Waals surface area contributed by atoms with Crippen LogP contribution in [0, 0.1) is 6.92 Å². The first kappa shape index (κ1) is 16.9. The van der Waals surface area contributed by atoms with Crippen molar-refractivity contribution in [3.8, 4) is 0 Å². The van der Waals surface area contributed by atoms with Gasteiger partial charge >= 0.3 is 0 Å². The standard InChI is InChI=1S/C15H26N2O2S2/c1-4-16-11-14-12(3)10-15(20-14)21(18,19)17(5-2)13-8-6-7-9-13/h10,13,16H,4-9,11H2,1-3H3. The van der Waals surface area contributed by atoms with E-state index in [2.05, 4.69) is 12.2 Å². The average Bonchev–Trinajstić information content (AvgIpc) is 3.07. The summed E-state index contributed by atoms with van der Waals surface area (Å²) < 4.78 is 28.0. The third kappa shape index (κ3) is 3.67. The molecule has 1 aromatic rings. The summed E-state index contributed by atoms with van der Waals surface area (Å²) in [6, 6.07) is 2.03. The molecule has 6 heteroatoms. The van der Waals surface area contributed by atoms with E-state index in [-0.39, 0.29) is 6.04 Å². The van der Waals surface area contributed by atoms with E-state index < -0.39 is 10.0 Å². The largest absolute Gasteiger partial charge is 0.312 e. The van der Waals surface area contributed by atoms with Crippen LogP contribution in [-0.4, -0.2) is 31.9 Å². The highest BCUT2D eigenvalue weighted by molar-refractivity contribution is 7.91. The smallest absolute Gasteiger partial charge is 0.252 e. The number of rotatable bonds is 7. The van der Waals surface area contributed by atoms with Crippen LogP contribution in [0.5, 0.6) is 0 Å². The van der Waals surface area contributed by atoms with Crippen molar-refractivity contribution in [1.29, 1.82) is 0 Å². The Kier molecular flexibility index (Phi) is 5.82. The predicted molar refractivity (Wildman–Crippen MR) is 88.3 cm³/mol. The Balaban J connectivity index is 2.25. The van der Waals surface area contributed by atoms with Crippen molar-refractivity contribution < 1.29 is 8.42 Å². The molecule has 0 spiro atoms. The summed E-state index contributed by atoms with van der Waals surface area (Å²) in [5, 5.41) is 3.27. The maximum absolute atomic E-state index is 12.9. The molecule has 0 bridgehead atoms. The fourth-order valence-corrected chi connectivity index (χ4v) is 6.35. The quantitative estimate of drug-likeness (QED) is 0.835. The van der Waals surface area contributed by atoms with Gasteiger partial charge < -0.3 is 5.32 Å². The van der Waals surface area contributed by atoms with Gasteiger partial charge in [0.05, 0.1) is 0 Å². The molecule has 0 saturated heterocycles. The molecule has 1 fully saturated rings. The van der Waals surface area contributed by atoms with Gasteiger partial charge in [0.2, 0.25) is 0 Å². The second-order valence-electron chi connectivity index (χ2n) is 5.60. The molecule has 0 unspecified atom stereocenters. The average molecular weight is 331 g/mol. The molecule has 0 radical (unpaired) electrons. The van der Waals surface area contributed by atoms with Crippen LogP contribution in [0.3, 0.4) is 0 Å². The first-order valence-electron chi connectivity index (χ1n) is 7.82. The van der Waals surface area contributed by atoms with Crippen LogP contribution < -0.4 is 5.32 Å². The lowest BCUT2D eigenvalue weighted by atomic mass is 10.2. The fourth-order valence-electron chi connectivity index (χ4n) is 2.96. The number of aryl methyl sites for hydroxylation is 1. The Labute approximate surface area is 132 Å². The zero-order valence-corrected chi connectivity index (χ0v) is 14.8. The van der Waals surface area contributed by atoms with Crippen LogP contribution in [0.25, 0.3) is 0 Å². The molecule has 1 heterocycles. The second kappa shape index (κ2) is 7.22. The van der Waals surface area contributed by atoms with Crippen LogP contribution in [0.2, 0.25) is 0 Å². The summed E-state index contributed by atoms with van der Waals surface area (Å²) in [6.45, 7) is 8.19. The van der Waals surface area contributed by atoms with E-state index in [1.165, 1.54) is 11.3 Å². The molecule has 1 aromatic heterocycles. The minimum Gasteiger partial charge on any atom is -0.312 e. The van der Waals surface area contributed by atoms with E-state index in [1.807, 2.05) is 19.9 Å². The molecule has 0 atom stereocenters. The van der Waals surface area contributed by atoms with Gasteiger partial charge in [-0.3, -0.25) is 0 Å². The molecule has 2 rings (SSSR count). The Morgan fingerprint density at radius 3 is 2.57 bits per heavy atom. The van der Waals surface area contributed by atoms with Gasteiger partial charge in [-0.15, -0.1) is 11.3 Å². The minimum absolute atomic E-state index is 0.194. The normalized spacial score (nSPS) is 17.0. The van der Waals surface area contributed by atoms with Crippen molar-refractivity contribution in [2.45, 2.75) is 63.3 Å². The van der Waals surface area contributed by atoms with Crippen LogP contribution >= 0.6 is 11.3 Å². The van der Waals surface area contributed by atoms with Crippen LogP contribution in [0.1, 0.15) is 50.0 Å². The number of thiophene rings is 1. The van der Waals surface area contributed by atoms with Gasteiger partial charge in [0.15, 0.2) is 0 Å². The molecular formula is C15H26N2O2S2. The summed E-state index contributed by atoms with van der Waals surface area (Å²) >= 11 is 1.42. The van der Waals surface area contributed by atoms with E-state index in [9.17, 15) is 8.42 Å². The van der Waals surface area contributed by atoms with Crippen molar-refractivity contribution in [1.82, 2.24) is 9.62 Å². The topological polar surface area (TPSA) is 49.4 Å². The van der Waals surface area contributed by atoms with Gasteiger partial charge in [-0.1, -0.05) is 26.7 Å². The van der Waals surface area contributed by atoms with Gasteiger partial charge in [-0.05, 0) is 37.9 Å². The molecule has 1 N–H and O–H groups in total. The third-order valence-electron chi connectivity index (χ3n) is 4.14. The van der Waals surface area contributed by atoms with E-state index in [1.54, 1.807) is 4.31 Å². The first-order chi connectivity index (χ1) is 10.0. The predicted octanol–water partition coefficient (Wildman–Crippen LogP) is 3.12. The van der Waals surface area contributed by atoms with Gasteiger partial charge in [0.25, 0.3) is 10.0 Å². The number of hydrogen-bond donors (Lipinski definition) is 1. The molecule has 4 nitrogen and oxygen atoms in total. The molecule has 0 aromatic carbocycles. The van der Waals surface area contributed by atoms with E-state index in [4.69, 9.17) is 0 Å². The molecule has 1 aliphatic carbocycles. The summed E-state index contributed by atoms with van der Waals surface area (Å²) in [7, 11) is -3.34. The highest BCUT2D eigenvalue weighted by Gasteiger charge is 2.33. The Morgan fingerprint density at radius 2 is 2.00 bits per heavy atom. The van der Waals surface area contributed by atoms with Gasteiger partial charge in [0, 0.05) is 24.0 Å². The highest BCUT2D eigenvalue weighted by Crippen LogP contribution is 2.33. The molecule has 21 heavy (non-hydrogen) atoms. The van der Waals surface area contributed by atoms with E-state index >= 15 is 0 Å². The minimum atomic E-state index is -3.34. The first-order valence-corrected chi connectivity index (χ1v) is 10.1. The Bertz CT molecular complexity index is 560. The lowest BCUT2D eigenvalue weighted by Gasteiger charge is -2.25. The monoisotopic (exact) mass is 330 g/mol. The summed E-state index contributed by atoms with van der Waals surface area (Å²) in [5.41, 5.74) is 1.07. The SMILES string of the molecule is CCNCc1sc(S(=O)(=O)N(CC)C2CCCC2)cc1C. The molecular weight excluding hydrogens is 304 g/mol. The lowest BCUT2D eigenvalue weighted by molar-refractivity contribution is 0.336. The van der Waals surface area contributed by atoms with Crippen molar-refractivity contribution in [2.75, 3.05) is 13.1 Å². The maximum atomic E-state index is 12.9. The molecule has 0 aliphatic heterocycles. The van der Waals surface area contributed by atoms with Crippen molar-refractivity contribution >= 4 is 21.4 Å². The zero-order valence-electron chi connectivity index (χ0n) is 13.2. The number of nitrogens with one attached hydrogen (secondary N) is 1. The fraction of sp³-hybridized carbons (Fsp3) is 0.733. The van der Waals surface area contributed by atoms with E-state index in [0.29, 0.717) is 10.8 Å². The zero-order chi connectivity index (χ0) is 15.5. The number of sulfonamides is 1. The van der Waals surface area contributed by atoms with Crippen molar-refractivity contribution in [3.63, 3.8) is 0 Å². The molecule has 0 amide bonds. The Morgan fingerprint density at radius 1 is 1.33 bits per heavy atom. The van der Waals surface area contributed by atoms with Gasteiger partial charge in [-0.25, -0.2) is 8.42 Å². The van der Waals surface area contributed by atoms with Gasteiger partial charge in [-0.2, -0.15) is 4.31 Å². The number of hydrogen-bond acceptors (Lipinski definition) is 4. The van der Waals surface area contributed by atoms with E-state index in [0.717, 1.165) is 49.2 Å². The third-order valence-corrected chi connectivity index (χ3v) is 7.85. The number of nitrogens with zero attached hydrogens (tertiary/aromatic N) is 1. The summed E-state index contributed by atoms with van der Waals surface area (Å²) in [4.78, 5) is 1.12. The van der Waals surface area contributed by atoms with Crippen LogP contribution in [0.15, 0.2) is 10.3 Å². The highest BCUT2D eigenvalue weighted by atomic mass is 32.2. The second-order valence-corrected chi connectivity index (χ2v) is 8.85.